The smallest absolute Gasteiger partial charge is 0.270 e. The van der Waals surface area contributed by atoms with Gasteiger partial charge in [-0.25, -0.2) is 0 Å². The molecule has 0 saturated carbocycles. The minimum absolute atomic E-state index is 0.116. The molecule has 3 aromatic carbocycles. The molecule has 3 rings (SSSR count). The highest BCUT2D eigenvalue weighted by molar-refractivity contribution is 8.00. The van der Waals surface area contributed by atoms with Crippen LogP contribution in [0.5, 0.6) is 0 Å². The average Bonchev–Trinajstić information content (AvgIpc) is 2.76. The molecular formula is C24H23N3O4S. The summed E-state index contributed by atoms with van der Waals surface area (Å²) in [4.78, 5) is 36.3. The second-order valence-corrected chi connectivity index (χ2v) is 8.77. The van der Waals surface area contributed by atoms with Crippen molar-refractivity contribution in [2.24, 2.45) is 0 Å². The number of non-ortho nitro benzene ring substituents is 1. The first-order valence-corrected chi connectivity index (χ1v) is 10.8. The summed E-state index contributed by atoms with van der Waals surface area (Å²) in [5, 5.41) is 16.3. The van der Waals surface area contributed by atoms with E-state index in [1.807, 2.05) is 45.0 Å². The monoisotopic (exact) mass is 449 g/mol. The van der Waals surface area contributed by atoms with Crippen LogP contribution < -0.4 is 10.6 Å². The Balaban J connectivity index is 1.66. The van der Waals surface area contributed by atoms with Crippen molar-refractivity contribution in [3.05, 3.63) is 93.5 Å². The van der Waals surface area contributed by atoms with E-state index in [4.69, 9.17) is 0 Å². The van der Waals surface area contributed by atoms with Gasteiger partial charge >= 0.3 is 0 Å². The van der Waals surface area contributed by atoms with Crippen LogP contribution in [0.4, 0.5) is 17.1 Å². The molecule has 0 aromatic heterocycles. The average molecular weight is 450 g/mol. The number of hydrogen-bond donors (Lipinski definition) is 2. The molecule has 32 heavy (non-hydrogen) atoms. The van der Waals surface area contributed by atoms with Crippen LogP contribution in [-0.4, -0.2) is 22.0 Å². The van der Waals surface area contributed by atoms with Gasteiger partial charge in [-0.3, -0.25) is 19.7 Å². The van der Waals surface area contributed by atoms with Gasteiger partial charge in [-0.05, 0) is 62.2 Å². The van der Waals surface area contributed by atoms with E-state index in [-0.39, 0.29) is 22.4 Å². The molecule has 2 amide bonds. The number of thioether (sulfide) groups is 1. The van der Waals surface area contributed by atoms with Crippen LogP contribution in [-0.2, 0) is 4.79 Å². The molecule has 8 heteroatoms. The van der Waals surface area contributed by atoms with Crippen LogP contribution in [0, 0.1) is 24.0 Å². The number of nitrogens with zero attached hydrogens (tertiary/aromatic N) is 1. The molecule has 0 aliphatic heterocycles. The summed E-state index contributed by atoms with van der Waals surface area (Å²) < 4.78 is 0. The van der Waals surface area contributed by atoms with Crippen LogP contribution in [0.3, 0.4) is 0 Å². The van der Waals surface area contributed by atoms with Gasteiger partial charge in [-0.15, -0.1) is 11.8 Å². The van der Waals surface area contributed by atoms with Crippen LogP contribution in [0.1, 0.15) is 28.4 Å². The van der Waals surface area contributed by atoms with Gasteiger partial charge in [0.05, 0.1) is 10.2 Å². The maximum atomic E-state index is 12.7. The Morgan fingerprint density at radius 3 is 2.47 bits per heavy atom. The molecule has 0 fully saturated rings. The number of nitrogens with one attached hydrogen (secondary N) is 2. The number of carbonyl (C=O) groups is 2. The predicted molar refractivity (Wildman–Crippen MR) is 127 cm³/mol. The van der Waals surface area contributed by atoms with Crippen molar-refractivity contribution in [1.29, 1.82) is 0 Å². The Hall–Kier alpha value is -3.65. The maximum Gasteiger partial charge on any atom is 0.270 e. The summed E-state index contributed by atoms with van der Waals surface area (Å²) in [7, 11) is 0. The van der Waals surface area contributed by atoms with Crippen molar-refractivity contribution in [3.8, 4) is 0 Å². The first-order chi connectivity index (χ1) is 15.2. The molecular weight excluding hydrogens is 426 g/mol. The van der Waals surface area contributed by atoms with Crippen LogP contribution in [0.25, 0.3) is 0 Å². The third-order valence-corrected chi connectivity index (χ3v) is 5.84. The highest BCUT2D eigenvalue weighted by Crippen LogP contribution is 2.27. The number of nitro groups is 1. The fourth-order valence-electron chi connectivity index (χ4n) is 2.97. The minimum Gasteiger partial charge on any atom is -0.325 e. The van der Waals surface area contributed by atoms with Gasteiger partial charge in [0.1, 0.15) is 0 Å². The van der Waals surface area contributed by atoms with E-state index in [0.29, 0.717) is 5.69 Å². The number of aryl methyl sites for hydroxylation is 2. The van der Waals surface area contributed by atoms with E-state index in [1.165, 1.54) is 36.0 Å². The number of carbonyl (C=O) groups excluding carboxylic acids is 2. The zero-order chi connectivity index (χ0) is 23.3. The zero-order valence-corrected chi connectivity index (χ0v) is 18.7. The normalized spacial score (nSPS) is 11.5. The van der Waals surface area contributed by atoms with Crippen molar-refractivity contribution in [3.63, 3.8) is 0 Å². The second-order valence-electron chi connectivity index (χ2n) is 7.36. The third kappa shape index (κ3) is 5.95. The van der Waals surface area contributed by atoms with E-state index < -0.39 is 10.8 Å². The molecule has 164 valence electrons. The third-order valence-electron chi connectivity index (χ3n) is 4.74. The molecule has 0 spiro atoms. The fourth-order valence-corrected chi connectivity index (χ4v) is 3.90. The summed E-state index contributed by atoms with van der Waals surface area (Å²) in [6, 6.07) is 18.6. The van der Waals surface area contributed by atoms with Gasteiger partial charge in [0.2, 0.25) is 5.91 Å². The number of hydrogen-bond acceptors (Lipinski definition) is 5. The molecule has 0 aliphatic rings. The Morgan fingerprint density at radius 1 is 0.969 bits per heavy atom. The van der Waals surface area contributed by atoms with Crippen molar-refractivity contribution >= 4 is 40.6 Å². The lowest BCUT2D eigenvalue weighted by Crippen LogP contribution is -2.22. The number of amides is 2. The van der Waals surface area contributed by atoms with Crippen LogP contribution >= 0.6 is 11.8 Å². The molecule has 0 radical (unpaired) electrons. The fraction of sp³-hybridized carbons (Fsp3) is 0.167. The van der Waals surface area contributed by atoms with Gasteiger partial charge < -0.3 is 10.6 Å². The Morgan fingerprint density at radius 2 is 1.72 bits per heavy atom. The molecule has 2 N–H and O–H groups in total. The summed E-state index contributed by atoms with van der Waals surface area (Å²) in [5.74, 6) is -0.564. The molecule has 0 heterocycles. The summed E-state index contributed by atoms with van der Waals surface area (Å²) in [5.41, 5.74) is 3.43. The molecule has 0 aliphatic carbocycles. The van der Waals surface area contributed by atoms with E-state index in [0.717, 1.165) is 21.7 Å². The van der Waals surface area contributed by atoms with Gasteiger partial charge in [-0.2, -0.15) is 0 Å². The van der Waals surface area contributed by atoms with Crippen molar-refractivity contribution < 1.29 is 14.5 Å². The Bertz CT molecular complexity index is 1180. The summed E-state index contributed by atoms with van der Waals surface area (Å²) >= 11 is 1.37. The van der Waals surface area contributed by atoms with Gasteiger partial charge in [0.15, 0.2) is 0 Å². The SMILES string of the molecule is Cc1ccc(C)c(NC(=O)C(C)Sc2cccc(NC(=O)c3cccc([N+](=O)[O-])c3)c2)c1. The topological polar surface area (TPSA) is 101 Å². The van der Waals surface area contributed by atoms with Crippen molar-refractivity contribution in [2.45, 2.75) is 30.9 Å². The standard InChI is InChI=1S/C24H23N3O4S/c1-15-10-11-16(2)22(12-15)26-23(28)17(3)32-21-9-5-7-19(14-21)25-24(29)18-6-4-8-20(13-18)27(30)31/h4-14,17H,1-3H3,(H,25,29)(H,26,28). The first kappa shape index (κ1) is 23.0. The van der Waals surface area contributed by atoms with E-state index in [1.54, 1.807) is 18.2 Å². The highest BCUT2D eigenvalue weighted by atomic mass is 32.2. The van der Waals surface area contributed by atoms with Gasteiger partial charge in [-0.1, -0.05) is 24.3 Å². The number of rotatable bonds is 7. The van der Waals surface area contributed by atoms with Crippen LogP contribution in [0.15, 0.2) is 71.6 Å². The maximum absolute atomic E-state index is 12.7. The van der Waals surface area contributed by atoms with Crippen LogP contribution in [0.2, 0.25) is 0 Å². The van der Waals surface area contributed by atoms with E-state index >= 15 is 0 Å². The molecule has 0 bridgehead atoms. The lowest BCUT2D eigenvalue weighted by Gasteiger charge is -2.15. The summed E-state index contributed by atoms with van der Waals surface area (Å²) in [6.07, 6.45) is 0. The highest BCUT2D eigenvalue weighted by Gasteiger charge is 2.16. The summed E-state index contributed by atoms with van der Waals surface area (Å²) in [6.45, 7) is 5.74. The lowest BCUT2D eigenvalue weighted by molar-refractivity contribution is -0.384. The predicted octanol–water partition coefficient (Wildman–Crippen LogP) is 5.58. The van der Waals surface area contributed by atoms with Crippen molar-refractivity contribution in [2.75, 3.05) is 10.6 Å². The zero-order valence-electron chi connectivity index (χ0n) is 17.9. The quantitative estimate of drug-likeness (QED) is 0.278. The number of benzene rings is 3. The minimum atomic E-state index is -0.543. The van der Waals surface area contributed by atoms with Gasteiger partial charge in [0, 0.05) is 34.0 Å². The molecule has 3 aromatic rings. The van der Waals surface area contributed by atoms with E-state index in [9.17, 15) is 19.7 Å². The Kier molecular flexibility index (Phi) is 7.27. The second kappa shape index (κ2) is 10.1. The largest absolute Gasteiger partial charge is 0.325 e. The first-order valence-electron chi connectivity index (χ1n) is 9.93. The van der Waals surface area contributed by atoms with E-state index in [2.05, 4.69) is 10.6 Å². The van der Waals surface area contributed by atoms with Gasteiger partial charge in [0.25, 0.3) is 11.6 Å². The molecule has 0 saturated heterocycles. The molecule has 1 unspecified atom stereocenters. The van der Waals surface area contributed by atoms with Crippen molar-refractivity contribution in [1.82, 2.24) is 0 Å². The number of anilines is 2. The lowest BCUT2D eigenvalue weighted by atomic mass is 10.1. The Labute approximate surface area is 190 Å². The molecule has 1 atom stereocenters. The molecule has 7 nitrogen and oxygen atoms in total. The number of nitro benzene ring substituents is 1.